The van der Waals surface area contributed by atoms with Crippen LogP contribution < -0.4 is 0 Å². The van der Waals surface area contributed by atoms with E-state index in [0.717, 1.165) is 65.9 Å². The number of aromatic nitrogens is 6. The molecule has 8 aromatic rings. The molecule has 2 aromatic carbocycles. The number of halogens is 1. The molecule has 42 heavy (non-hydrogen) atoms. The maximum Gasteiger partial charge on any atom is 0.363 e. The summed E-state index contributed by atoms with van der Waals surface area (Å²) in [5.74, 6) is -0.618. The van der Waals surface area contributed by atoms with Gasteiger partial charge in [-0.1, -0.05) is 24.3 Å². The van der Waals surface area contributed by atoms with Crippen LogP contribution >= 0.6 is 0 Å². The fourth-order valence-electron chi connectivity index (χ4n) is 5.06. The van der Waals surface area contributed by atoms with Crippen molar-refractivity contribution in [2.24, 2.45) is 0 Å². The van der Waals surface area contributed by atoms with Crippen molar-refractivity contribution in [3.63, 3.8) is 0 Å². The number of aromatic amines is 2. The first-order chi connectivity index (χ1) is 20.5. The molecule has 0 amide bonds. The van der Waals surface area contributed by atoms with Crippen molar-refractivity contribution < 1.29 is 9.31 Å². The predicted molar refractivity (Wildman–Crippen MR) is 160 cm³/mol. The lowest BCUT2D eigenvalue weighted by molar-refractivity contribution is -0.389. The highest BCUT2D eigenvalue weighted by Crippen LogP contribution is 2.30. The van der Waals surface area contributed by atoms with Crippen molar-refractivity contribution in [1.29, 1.82) is 0 Å². The first kappa shape index (κ1) is 25.0. The lowest BCUT2D eigenvalue weighted by Gasteiger charge is -2.01. The van der Waals surface area contributed by atoms with Gasteiger partial charge in [0.1, 0.15) is 6.20 Å². The molecule has 0 aliphatic heterocycles. The molecule has 0 radical (unpaired) electrons. The molecule has 0 aliphatic carbocycles. The number of benzene rings is 2. The van der Waals surface area contributed by atoms with E-state index in [9.17, 15) is 14.5 Å². The largest absolute Gasteiger partial charge is 0.363 e. The van der Waals surface area contributed by atoms with Crippen LogP contribution in [-0.4, -0.2) is 34.8 Å². The van der Waals surface area contributed by atoms with E-state index in [-0.39, 0.29) is 5.82 Å². The van der Waals surface area contributed by atoms with E-state index in [1.807, 2.05) is 54.9 Å². The molecule has 0 aliphatic rings. The van der Waals surface area contributed by atoms with Gasteiger partial charge in [0.2, 0.25) is 5.95 Å². The molecular formula is C32H20FN7O2. The van der Waals surface area contributed by atoms with Crippen LogP contribution in [-0.2, 0) is 0 Å². The van der Waals surface area contributed by atoms with Gasteiger partial charge in [-0.25, -0.2) is 4.98 Å². The number of H-pyrrole nitrogens is 2. The number of hydrogen-bond acceptors (Lipinski definition) is 6. The van der Waals surface area contributed by atoms with E-state index >= 15 is 0 Å². The summed E-state index contributed by atoms with van der Waals surface area (Å²) in [5, 5.41) is 15.1. The number of nitrogens with one attached hydrogen (secondary N) is 2. The SMILES string of the molecule is O=[N+]([O-])c1ccc(-c2ccc3c(c2)[nH]c2ccncc23)cn1.[18F]c1ccc(-c2ccc3c(c2)[nH]c2ccncc23)cn1. The van der Waals surface area contributed by atoms with Crippen LogP contribution in [0.1, 0.15) is 0 Å². The Balaban J connectivity index is 0.000000138. The zero-order chi connectivity index (χ0) is 28.6. The minimum Gasteiger partial charge on any atom is -0.358 e. The molecule has 6 heterocycles. The number of nitrogens with zero attached hydrogens (tertiary/aromatic N) is 5. The predicted octanol–water partition coefficient (Wildman–Crippen LogP) is 7.60. The highest BCUT2D eigenvalue weighted by atomic mass is 18.2. The Kier molecular flexibility index (Phi) is 6.05. The van der Waals surface area contributed by atoms with Crippen molar-refractivity contribution in [3.05, 3.63) is 126 Å². The van der Waals surface area contributed by atoms with Gasteiger partial charge in [0, 0.05) is 91.8 Å². The minimum absolute atomic E-state index is 0.151. The summed E-state index contributed by atoms with van der Waals surface area (Å²) in [6.45, 7) is 0. The van der Waals surface area contributed by atoms with Crippen LogP contribution in [0.2, 0.25) is 0 Å². The summed E-state index contributed by atoms with van der Waals surface area (Å²) < 4.78 is 12.9. The molecule has 0 saturated carbocycles. The highest BCUT2D eigenvalue weighted by molar-refractivity contribution is 6.08. The summed E-state index contributed by atoms with van der Waals surface area (Å²) >= 11 is 0. The van der Waals surface area contributed by atoms with Gasteiger partial charge in [-0.2, -0.15) is 4.39 Å². The van der Waals surface area contributed by atoms with E-state index in [0.29, 0.717) is 0 Å². The first-order valence-electron chi connectivity index (χ1n) is 13.0. The third-order valence-electron chi connectivity index (χ3n) is 7.13. The van der Waals surface area contributed by atoms with E-state index in [1.165, 1.54) is 18.3 Å². The van der Waals surface area contributed by atoms with Crippen LogP contribution in [0.15, 0.2) is 110 Å². The minimum atomic E-state index is -0.502. The van der Waals surface area contributed by atoms with Gasteiger partial charge in [-0.05, 0) is 63.5 Å². The highest BCUT2D eigenvalue weighted by Gasteiger charge is 2.10. The van der Waals surface area contributed by atoms with Crippen molar-refractivity contribution >= 4 is 49.4 Å². The van der Waals surface area contributed by atoms with Gasteiger partial charge in [0.15, 0.2) is 0 Å². The Morgan fingerprint density at radius 1 is 0.571 bits per heavy atom. The van der Waals surface area contributed by atoms with Crippen molar-refractivity contribution in [3.8, 4) is 22.3 Å². The van der Waals surface area contributed by atoms with E-state index < -0.39 is 10.9 Å². The van der Waals surface area contributed by atoms with Gasteiger partial charge in [-0.15, -0.1) is 0 Å². The second-order valence-electron chi connectivity index (χ2n) is 9.65. The summed E-state index contributed by atoms with van der Waals surface area (Å²) in [4.78, 5) is 32.7. The molecular weight excluding hydrogens is 532 g/mol. The summed E-state index contributed by atoms with van der Waals surface area (Å²) in [5.41, 5.74) is 7.82. The molecule has 202 valence electrons. The standard InChI is InChI=1S/C16H10FN3.C16H10N4O2/c17-16-4-2-11(8-19-16)10-1-3-12-13-9-18-6-5-14(13)20-15(12)7-10;21-20(22)16-4-2-11(8-18-16)10-1-3-12-13-9-17-6-5-14(13)19-15(12)7-10/h1-9,20H;1-9,19H/i17-1;. The Bertz CT molecular complexity index is 2240. The number of rotatable bonds is 3. The molecule has 0 bridgehead atoms. The fourth-order valence-corrected chi connectivity index (χ4v) is 5.06. The smallest absolute Gasteiger partial charge is 0.358 e. The first-order valence-corrected chi connectivity index (χ1v) is 13.0. The molecule has 0 spiro atoms. The summed E-state index contributed by atoms with van der Waals surface area (Å²) in [6.07, 6.45) is 10.3. The molecule has 2 N–H and O–H groups in total. The second-order valence-corrected chi connectivity index (χ2v) is 9.65. The quantitative estimate of drug-likeness (QED) is 0.132. The number of nitro groups is 1. The monoisotopic (exact) mass is 552 g/mol. The molecule has 0 unspecified atom stereocenters. The van der Waals surface area contributed by atoms with E-state index in [4.69, 9.17) is 0 Å². The zero-order valence-electron chi connectivity index (χ0n) is 21.8. The number of pyridine rings is 4. The molecule has 0 saturated heterocycles. The average Bonchev–Trinajstić information content (AvgIpc) is 3.59. The lowest BCUT2D eigenvalue weighted by Crippen LogP contribution is -1.91. The number of hydrogen-bond donors (Lipinski definition) is 2. The third kappa shape index (κ3) is 4.56. The van der Waals surface area contributed by atoms with Gasteiger partial charge >= 0.3 is 5.82 Å². The van der Waals surface area contributed by atoms with Gasteiger partial charge in [-0.3, -0.25) is 9.97 Å². The second kappa shape index (κ2) is 10.2. The Morgan fingerprint density at radius 2 is 1.10 bits per heavy atom. The van der Waals surface area contributed by atoms with Gasteiger partial charge in [0.05, 0.1) is 0 Å². The van der Waals surface area contributed by atoms with Gasteiger partial charge < -0.3 is 20.1 Å². The van der Waals surface area contributed by atoms with Crippen molar-refractivity contribution in [1.82, 2.24) is 29.9 Å². The van der Waals surface area contributed by atoms with E-state index in [2.05, 4.69) is 36.0 Å². The molecule has 10 heteroatoms. The normalized spacial score (nSPS) is 11.2. The van der Waals surface area contributed by atoms with Gasteiger partial charge in [0.25, 0.3) is 0 Å². The third-order valence-corrected chi connectivity index (χ3v) is 7.13. The maximum absolute atomic E-state index is 12.9. The summed E-state index contributed by atoms with van der Waals surface area (Å²) in [7, 11) is 0. The van der Waals surface area contributed by atoms with Crippen molar-refractivity contribution in [2.45, 2.75) is 0 Å². The van der Waals surface area contributed by atoms with Crippen LogP contribution in [0, 0.1) is 16.1 Å². The fraction of sp³-hybridized carbons (Fsp3) is 0. The Labute approximate surface area is 236 Å². The Hall–Kier alpha value is -6.03. The van der Waals surface area contributed by atoms with Crippen LogP contribution in [0.3, 0.4) is 0 Å². The molecule has 8 rings (SSSR count). The zero-order valence-corrected chi connectivity index (χ0v) is 21.8. The maximum atomic E-state index is 12.9. The van der Waals surface area contributed by atoms with Crippen molar-refractivity contribution in [2.75, 3.05) is 0 Å². The molecule has 6 aromatic heterocycles. The lowest BCUT2D eigenvalue weighted by atomic mass is 10.1. The average molecular weight is 553 g/mol. The Morgan fingerprint density at radius 3 is 1.57 bits per heavy atom. The van der Waals surface area contributed by atoms with E-state index in [1.54, 1.807) is 30.7 Å². The molecule has 9 nitrogen and oxygen atoms in total. The molecule has 0 fully saturated rings. The van der Waals surface area contributed by atoms with Crippen LogP contribution in [0.25, 0.3) is 65.9 Å². The summed E-state index contributed by atoms with van der Waals surface area (Å²) in [6, 6.07) is 22.2. The molecule has 0 atom stereocenters. The van der Waals surface area contributed by atoms with Crippen LogP contribution in [0.5, 0.6) is 0 Å². The topological polar surface area (TPSA) is 126 Å². The van der Waals surface area contributed by atoms with Crippen LogP contribution in [0.4, 0.5) is 10.2 Å². The number of fused-ring (bicyclic) bond motifs is 6.